The highest BCUT2D eigenvalue weighted by Gasteiger charge is 2.18. The predicted molar refractivity (Wildman–Crippen MR) is 94.4 cm³/mol. The smallest absolute Gasteiger partial charge is 0.193 e. The van der Waals surface area contributed by atoms with Gasteiger partial charge in [-0.2, -0.15) is 0 Å². The van der Waals surface area contributed by atoms with Crippen LogP contribution in [0, 0.1) is 5.82 Å². The molecule has 1 aromatic heterocycles. The molecule has 0 bridgehead atoms. The molecule has 0 aliphatic heterocycles. The third-order valence-electron chi connectivity index (χ3n) is 3.85. The first kappa shape index (κ1) is 18.0. The summed E-state index contributed by atoms with van der Waals surface area (Å²) in [6.45, 7) is 1.31. The SMILES string of the molecule is CN=C(NCC(c1ccco1)N(C)C)N(C)Cc1ccc(F)cc1. The standard InChI is InChI=1S/C18H25FN4O/c1-20-18(23(4)13-14-7-9-15(19)10-8-14)21-12-16(22(2)3)17-6-5-11-24-17/h5-11,16H,12-13H2,1-4H3,(H,20,21). The molecule has 0 saturated heterocycles. The molecule has 24 heavy (non-hydrogen) atoms. The molecule has 0 fully saturated rings. The van der Waals surface area contributed by atoms with Gasteiger partial charge in [-0.05, 0) is 43.9 Å². The van der Waals surface area contributed by atoms with Crippen molar-refractivity contribution in [2.75, 3.05) is 34.7 Å². The van der Waals surface area contributed by atoms with E-state index >= 15 is 0 Å². The van der Waals surface area contributed by atoms with Crippen molar-refractivity contribution in [3.8, 4) is 0 Å². The summed E-state index contributed by atoms with van der Waals surface area (Å²) >= 11 is 0. The van der Waals surface area contributed by atoms with Crippen LogP contribution in [-0.4, -0.2) is 50.5 Å². The minimum absolute atomic E-state index is 0.107. The lowest BCUT2D eigenvalue weighted by Gasteiger charge is -2.27. The molecular formula is C18H25FN4O. The van der Waals surface area contributed by atoms with Gasteiger partial charge in [0.25, 0.3) is 0 Å². The minimum Gasteiger partial charge on any atom is -0.468 e. The normalized spacial score (nSPS) is 13.2. The summed E-state index contributed by atoms with van der Waals surface area (Å²) in [5, 5.41) is 3.37. The van der Waals surface area contributed by atoms with Crippen LogP contribution in [-0.2, 0) is 6.54 Å². The second-order valence-electron chi connectivity index (χ2n) is 5.91. The van der Waals surface area contributed by atoms with Crippen LogP contribution in [0.3, 0.4) is 0 Å². The molecule has 5 nitrogen and oxygen atoms in total. The van der Waals surface area contributed by atoms with Gasteiger partial charge >= 0.3 is 0 Å². The van der Waals surface area contributed by atoms with Crippen LogP contribution in [0.5, 0.6) is 0 Å². The Morgan fingerprint density at radius 3 is 2.46 bits per heavy atom. The fraction of sp³-hybridized carbons (Fsp3) is 0.389. The molecule has 0 aliphatic carbocycles. The van der Waals surface area contributed by atoms with Gasteiger partial charge in [-0.3, -0.25) is 9.89 Å². The lowest BCUT2D eigenvalue weighted by molar-refractivity contribution is 0.256. The largest absolute Gasteiger partial charge is 0.468 e. The van der Waals surface area contributed by atoms with Crippen molar-refractivity contribution in [3.63, 3.8) is 0 Å². The van der Waals surface area contributed by atoms with Gasteiger partial charge in [0, 0.05) is 27.2 Å². The zero-order valence-electron chi connectivity index (χ0n) is 14.7. The maximum absolute atomic E-state index is 13.0. The first-order valence-electron chi connectivity index (χ1n) is 7.87. The topological polar surface area (TPSA) is 44.0 Å². The molecule has 1 aromatic carbocycles. The van der Waals surface area contributed by atoms with E-state index in [9.17, 15) is 4.39 Å². The first-order valence-corrected chi connectivity index (χ1v) is 7.87. The summed E-state index contributed by atoms with van der Waals surface area (Å²) in [5.74, 6) is 1.46. The van der Waals surface area contributed by atoms with Gasteiger partial charge in [0.05, 0.1) is 12.3 Å². The van der Waals surface area contributed by atoms with Crippen molar-refractivity contribution in [1.82, 2.24) is 15.1 Å². The highest BCUT2D eigenvalue weighted by atomic mass is 19.1. The summed E-state index contributed by atoms with van der Waals surface area (Å²) in [6.07, 6.45) is 1.68. The number of aliphatic imine (C=N–C) groups is 1. The zero-order chi connectivity index (χ0) is 17.5. The van der Waals surface area contributed by atoms with Crippen LogP contribution < -0.4 is 5.32 Å². The molecule has 0 spiro atoms. The van der Waals surface area contributed by atoms with Crippen molar-refractivity contribution in [1.29, 1.82) is 0 Å². The van der Waals surface area contributed by atoms with Gasteiger partial charge in [-0.15, -0.1) is 0 Å². The van der Waals surface area contributed by atoms with Crippen molar-refractivity contribution in [2.24, 2.45) is 4.99 Å². The highest BCUT2D eigenvalue weighted by molar-refractivity contribution is 5.79. The predicted octanol–water partition coefficient (Wildman–Crippen LogP) is 2.73. The van der Waals surface area contributed by atoms with E-state index in [-0.39, 0.29) is 11.9 Å². The Bertz CT molecular complexity index is 638. The Labute approximate surface area is 142 Å². The maximum Gasteiger partial charge on any atom is 0.193 e. The number of hydrogen-bond donors (Lipinski definition) is 1. The molecule has 0 aliphatic rings. The molecule has 1 atom stereocenters. The summed E-state index contributed by atoms with van der Waals surface area (Å²) in [6, 6.07) is 10.5. The van der Waals surface area contributed by atoms with E-state index in [0.717, 1.165) is 17.3 Å². The number of halogens is 1. The summed E-state index contributed by atoms with van der Waals surface area (Å²) in [4.78, 5) is 8.42. The second kappa shape index (κ2) is 8.49. The number of nitrogens with one attached hydrogen (secondary N) is 1. The Kier molecular flexibility index (Phi) is 6.37. The number of benzene rings is 1. The number of rotatable bonds is 6. The molecule has 2 aromatic rings. The Balaban J connectivity index is 1.96. The van der Waals surface area contributed by atoms with Gasteiger partial charge in [-0.1, -0.05) is 12.1 Å². The van der Waals surface area contributed by atoms with Crippen LogP contribution >= 0.6 is 0 Å². The minimum atomic E-state index is -0.226. The molecule has 130 valence electrons. The highest BCUT2D eigenvalue weighted by Crippen LogP contribution is 2.17. The quantitative estimate of drug-likeness (QED) is 0.652. The van der Waals surface area contributed by atoms with E-state index in [1.807, 2.05) is 38.2 Å². The maximum atomic E-state index is 13.0. The fourth-order valence-corrected chi connectivity index (χ4v) is 2.53. The number of guanidine groups is 1. The third-order valence-corrected chi connectivity index (χ3v) is 3.85. The monoisotopic (exact) mass is 332 g/mol. The van der Waals surface area contributed by atoms with Crippen LogP contribution in [0.4, 0.5) is 4.39 Å². The molecule has 6 heteroatoms. The van der Waals surface area contributed by atoms with E-state index in [1.165, 1.54) is 12.1 Å². The van der Waals surface area contributed by atoms with Crippen LogP contribution in [0.2, 0.25) is 0 Å². The zero-order valence-corrected chi connectivity index (χ0v) is 14.7. The molecular weight excluding hydrogens is 307 g/mol. The molecule has 1 heterocycles. The van der Waals surface area contributed by atoms with Gasteiger partial charge in [0.2, 0.25) is 0 Å². The van der Waals surface area contributed by atoms with Gasteiger partial charge in [0.15, 0.2) is 5.96 Å². The molecule has 1 N–H and O–H groups in total. The Hall–Kier alpha value is -2.34. The van der Waals surface area contributed by atoms with Crippen molar-refractivity contribution in [3.05, 3.63) is 59.8 Å². The molecule has 0 saturated carbocycles. The molecule has 0 amide bonds. The van der Waals surface area contributed by atoms with E-state index in [0.29, 0.717) is 13.1 Å². The van der Waals surface area contributed by atoms with Crippen molar-refractivity contribution >= 4 is 5.96 Å². The first-order chi connectivity index (χ1) is 11.5. The summed E-state index contributed by atoms with van der Waals surface area (Å²) < 4.78 is 18.5. The van der Waals surface area contributed by atoms with E-state index in [1.54, 1.807) is 25.4 Å². The lowest BCUT2D eigenvalue weighted by Crippen LogP contribution is -2.42. The van der Waals surface area contributed by atoms with E-state index in [2.05, 4.69) is 15.2 Å². The Morgan fingerprint density at radius 1 is 1.21 bits per heavy atom. The number of nitrogens with zero attached hydrogens (tertiary/aromatic N) is 3. The average molecular weight is 332 g/mol. The number of hydrogen-bond acceptors (Lipinski definition) is 3. The van der Waals surface area contributed by atoms with Crippen LogP contribution in [0.25, 0.3) is 0 Å². The van der Waals surface area contributed by atoms with Crippen molar-refractivity contribution in [2.45, 2.75) is 12.6 Å². The number of likely N-dealkylation sites (N-methyl/N-ethyl adjacent to an activating group) is 1. The molecule has 0 radical (unpaired) electrons. The van der Waals surface area contributed by atoms with Gasteiger partial charge in [0.1, 0.15) is 11.6 Å². The van der Waals surface area contributed by atoms with Crippen LogP contribution in [0.1, 0.15) is 17.4 Å². The van der Waals surface area contributed by atoms with Crippen LogP contribution in [0.15, 0.2) is 52.1 Å². The molecule has 2 rings (SSSR count). The Morgan fingerprint density at radius 2 is 1.92 bits per heavy atom. The summed E-state index contributed by atoms with van der Waals surface area (Å²) in [7, 11) is 7.73. The lowest BCUT2D eigenvalue weighted by atomic mass is 10.2. The third kappa shape index (κ3) is 4.83. The summed E-state index contributed by atoms with van der Waals surface area (Å²) in [5.41, 5.74) is 1.03. The average Bonchev–Trinajstić information content (AvgIpc) is 3.07. The van der Waals surface area contributed by atoms with E-state index in [4.69, 9.17) is 4.42 Å². The van der Waals surface area contributed by atoms with Gasteiger partial charge < -0.3 is 14.6 Å². The fourth-order valence-electron chi connectivity index (χ4n) is 2.53. The van der Waals surface area contributed by atoms with Crippen molar-refractivity contribution < 1.29 is 8.81 Å². The number of furan rings is 1. The van der Waals surface area contributed by atoms with E-state index < -0.39 is 0 Å². The second-order valence-corrected chi connectivity index (χ2v) is 5.91. The molecule has 1 unspecified atom stereocenters. The van der Waals surface area contributed by atoms with Gasteiger partial charge in [-0.25, -0.2) is 4.39 Å².